The van der Waals surface area contributed by atoms with E-state index in [0.29, 0.717) is 26.2 Å². The fraction of sp³-hybridized carbons (Fsp3) is 0.440. The molecule has 0 aliphatic carbocycles. The minimum Gasteiger partial charge on any atom is -0.488 e. The Morgan fingerprint density at radius 3 is 2.09 bits per heavy atom. The van der Waals surface area contributed by atoms with Gasteiger partial charge in [-0.15, -0.1) is 0 Å². The van der Waals surface area contributed by atoms with Gasteiger partial charge in [0.2, 0.25) is 5.91 Å². The number of carbonyl (C=O) groups excluding carboxylic acids is 2. The minimum atomic E-state index is -4.62. The zero-order chi connectivity index (χ0) is 24.9. The van der Waals surface area contributed by atoms with E-state index >= 15 is 0 Å². The summed E-state index contributed by atoms with van der Waals surface area (Å²) in [4.78, 5) is 28.0. The van der Waals surface area contributed by atoms with Crippen molar-refractivity contribution in [3.05, 3.63) is 65.2 Å². The van der Waals surface area contributed by atoms with Crippen molar-refractivity contribution in [3.63, 3.8) is 0 Å². The summed E-state index contributed by atoms with van der Waals surface area (Å²) in [6, 6.07) is 12.6. The van der Waals surface area contributed by atoms with Crippen molar-refractivity contribution in [2.45, 2.75) is 45.6 Å². The topological polar surface area (TPSA) is 59.1 Å². The van der Waals surface area contributed by atoms with E-state index in [-0.39, 0.29) is 30.2 Å². The molecular formula is C25H29F3N2O4. The van der Waals surface area contributed by atoms with Gasteiger partial charge in [-0.2, -0.15) is 13.2 Å². The number of hydrogen-bond donors (Lipinski definition) is 0. The molecule has 3 rings (SSSR count). The number of hydrogen-bond acceptors (Lipinski definition) is 4. The summed E-state index contributed by atoms with van der Waals surface area (Å²) in [5.74, 6) is -0.576. The molecule has 0 atom stereocenters. The molecule has 2 aromatic carbocycles. The number of carbonyl (C=O) groups is 2. The average molecular weight is 479 g/mol. The zero-order valence-corrected chi connectivity index (χ0v) is 19.5. The molecule has 2 amide bonds. The fourth-order valence-electron chi connectivity index (χ4n) is 3.52. The number of halogens is 3. The van der Waals surface area contributed by atoms with E-state index < -0.39 is 23.4 Å². The number of piperazine rings is 1. The van der Waals surface area contributed by atoms with Crippen LogP contribution in [0.25, 0.3) is 0 Å². The summed E-state index contributed by atoms with van der Waals surface area (Å²) in [5.41, 5.74) is -0.528. The Labute approximate surface area is 197 Å². The highest BCUT2D eigenvalue weighted by molar-refractivity contribution is 5.79. The number of amides is 2. The van der Waals surface area contributed by atoms with Crippen LogP contribution in [0.5, 0.6) is 5.75 Å². The highest BCUT2D eigenvalue weighted by Gasteiger charge is 2.35. The Morgan fingerprint density at radius 1 is 0.882 bits per heavy atom. The predicted octanol–water partition coefficient (Wildman–Crippen LogP) is 4.91. The van der Waals surface area contributed by atoms with Gasteiger partial charge in [0.15, 0.2) is 0 Å². The van der Waals surface area contributed by atoms with Gasteiger partial charge in [0, 0.05) is 26.2 Å². The van der Waals surface area contributed by atoms with Crippen LogP contribution in [0.15, 0.2) is 48.5 Å². The SMILES string of the molecule is CC(C)(C)OC(=O)N1CCN(C(=O)Cc2ccc(OCc3ccccc3)c(C(F)(F)F)c2)CC1. The van der Waals surface area contributed by atoms with E-state index in [1.807, 2.05) is 6.07 Å². The Morgan fingerprint density at radius 2 is 1.50 bits per heavy atom. The van der Waals surface area contributed by atoms with Gasteiger partial charge < -0.3 is 19.3 Å². The predicted molar refractivity (Wildman–Crippen MR) is 120 cm³/mol. The molecule has 184 valence electrons. The smallest absolute Gasteiger partial charge is 0.419 e. The summed E-state index contributed by atoms with van der Waals surface area (Å²) in [6.07, 6.45) is -5.24. The number of alkyl halides is 3. The van der Waals surface area contributed by atoms with E-state index in [1.165, 1.54) is 17.0 Å². The van der Waals surface area contributed by atoms with Crippen LogP contribution in [0.4, 0.5) is 18.0 Å². The van der Waals surface area contributed by atoms with E-state index in [1.54, 1.807) is 49.9 Å². The lowest BCUT2D eigenvalue weighted by atomic mass is 10.1. The van der Waals surface area contributed by atoms with E-state index in [4.69, 9.17) is 9.47 Å². The zero-order valence-electron chi connectivity index (χ0n) is 19.5. The van der Waals surface area contributed by atoms with E-state index in [9.17, 15) is 22.8 Å². The summed E-state index contributed by atoms with van der Waals surface area (Å²) in [6.45, 7) is 6.53. The van der Waals surface area contributed by atoms with Gasteiger partial charge in [-0.3, -0.25) is 4.79 Å². The molecule has 0 N–H and O–H groups in total. The van der Waals surface area contributed by atoms with Crippen LogP contribution >= 0.6 is 0 Å². The first-order chi connectivity index (χ1) is 15.9. The quantitative estimate of drug-likeness (QED) is 0.613. The van der Waals surface area contributed by atoms with Crippen LogP contribution < -0.4 is 4.74 Å². The number of nitrogens with zero attached hydrogens (tertiary/aromatic N) is 2. The third-order valence-corrected chi connectivity index (χ3v) is 5.23. The fourth-order valence-corrected chi connectivity index (χ4v) is 3.52. The van der Waals surface area contributed by atoms with Crippen LogP contribution in [0.3, 0.4) is 0 Å². The molecule has 1 saturated heterocycles. The van der Waals surface area contributed by atoms with Gasteiger partial charge in [0.1, 0.15) is 18.0 Å². The first-order valence-electron chi connectivity index (χ1n) is 11.0. The van der Waals surface area contributed by atoms with Gasteiger partial charge >= 0.3 is 12.3 Å². The molecule has 2 aromatic rings. The molecule has 1 aliphatic heterocycles. The molecule has 0 bridgehead atoms. The summed E-state index contributed by atoms with van der Waals surface area (Å²) in [7, 11) is 0. The summed E-state index contributed by atoms with van der Waals surface area (Å²) < 4.78 is 51.7. The molecule has 9 heteroatoms. The van der Waals surface area contributed by atoms with Crippen LogP contribution in [-0.4, -0.2) is 53.6 Å². The maximum absolute atomic E-state index is 13.7. The van der Waals surface area contributed by atoms with E-state index in [2.05, 4.69) is 0 Å². The van der Waals surface area contributed by atoms with Crippen LogP contribution in [0.1, 0.15) is 37.5 Å². The Hall–Kier alpha value is -3.23. The number of ether oxygens (including phenoxy) is 2. The highest BCUT2D eigenvalue weighted by Crippen LogP contribution is 2.37. The monoisotopic (exact) mass is 478 g/mol. The van der Waals surface area contributed by atoms with Crippen LogP contribution in [0.2, 0.25) is 0 Å². The second-order valence-corrected chi connectivity index (χ2v) is 9.13. The molecular weight excluding hydrogens is 449 g/mol. The highest BCUT2D eigenvalue weighted by atomic mass is 19.4. The lowest BCUT2D eigenvalue weighted by Gasteiger charge is -2.35. The van der Waals surface area contributed by atoms with Crippen molar-refractivity contribution in [1.82, 2.24) is 9.80 Å². The van der Waals surface area contributed by atoms with Crippen LogP contribution in [-0.2, 0) is 28.7 Å². The molecule has 1 fully saturated rings. The summed E-state index contributed by atoms with van der Waals surface area (Å²) in [5, 5.41) is 0. The standard InChI is InChI=1S/C25H29F3N2O4/c1-24(2,3)34-23(32)30-13-11-29(12-14-30)22(31)16-19-9-10-21(20(15-19)25(26,27)28)33-17-18-7-5-4-6-8-18/h4-10,15H,11-14,16-17H2,1-3H3. The van der Waals surface area contributed by atoms with Crippen LogP contribution in [0, 0.1) is 0 Å². The van der Waals surface area contributed by atoms with Gasteiger partial charge in [0.05, 0.1) is 12.0 Å². The van der Waals surface area contributed by atoms with Crippen molar-refractivity contribution in [3.8, 4) is 5.75 Å². The van der Waals surface area contributed by atoms with Gasteiger partial charge in [-0.1, -0.05) is 36.4 Å². The van der Waals surface area contributed by atoms with Gasteiger partial charge in [-0.05, 0) is 44.0 Å². The van der Waals surface area contributed by atoms with Crippen molar-refractivity contribution >= 4 is 12.0 Å². The normalized spacial score (nSPS) is 14.6. The molecule has 6 nitrogen and oxygen atoms in total. The van der Waals surface area contributed by atoms with Gasteiger partial charge in [0.25, 0.3) is 0 Å². The third-order valence-electron chi connectivity index (χ3n) is 5.23. The van der Waals surface area contributed by atoms with Crippen molar-refractivity contribution in [1.29, 1.82) is 0 Å². The lowest BCUT2D eigenvalue weighted by molar-refractivity contribution is -0.139. The lowest BCUT2D eigenvalue weighted by Crippen LogP contribution is -2.52. The second kappa shape index (κ2) is 10.4. The Balaban J connectivity index is 1.61. The molecule has 1 heterocycles. The Kier molecular flexibility index (Phi) is 7.74. The maximum atomic E-state index is 13.7. The summed E-state index contributed by atoms with van der Waals surface area (Å²) >= 11 is 0. The number of benzene rings is 2. The van der Waals surface area contributed by atoms with Gasteiger partial charge in [-0.25, -0.2) is 4.79 Å². The van der Waals surface area contributed by atoms with Crippen molar-refractivity contribution < 1.29 is 32.2 Å². The van der Waals surface area contributed by atoms with Crippen molar-refractivity contribution in [2.24, 2.45) is 0 Å². The van der Waals surface area contributed by atoms with Crippen molar-refractivity contribution in [2.75, 3.05) is 26.2 Å². The molecule has 0 unspecified atom stereocenters. The third kappa shape index (κ3) is 7.13. The molecule has 0 saturated carbocycles. The van der Waals surface area contributed by atoms with E-state index in [0.717, 1.165) is 11.6 Å². The second-order valence-electron chi connectivity index (χ2n) is 9.13. The largest absolute Gasteiger partial charge is 0.488 e. The first kappa shape index (κ1) is 25.4. The minimum absolute atomic E-state index is 0.00409. The molecule has 0 aromatic heterocycles. The first-order valence-corrected chi connectivity index (χ1v) is 11.0. The Bertz CT molecular complexity index is 995. The molecule has 0 radical (unpaired) electrons. The maximum Gasteiger partial charge on any atom is 0.419 e. The average Bonchev–Trinajstić information content (AvgIpc) is 2.77. The molecule has 1 aliphatic rings. The molecule has 34 heavy (non-hydrogen) atoms. The molecule has 0 spiro atoms. The number of rotatable bonds is 5.